The van der Waals surface area contributed by atoms with Crippen molar-refractivity contribution in [3.8, 4) is 10.8 Å². The van der Waals surface area contributed by atoms with E-state index in [2.05, 4.69) is 15.6 Å². The standard InChI is InChI=1S/C24H18N4O4S/c1-14-21(27-23(33-14)19-7-4-12-32-19)22(30)25-16-10-8-15(9-11-16)24(31)28-13-20(29)26-17-5-2-3-6-18(17)28/h2-12H,13H2,1H3,(H,25,30)(H,26,29). The molecule has 0 atom stereocenters. The van der Waals surface area contributed by atoms with Gasteiger partial charge in [0.2, 0.25) is 5.91 Å². The molecule has 164 valence electrons. The molecule has 5 rings (SSSR count). The molecule has 3 heterocycles. The van der Waals surface area contributed by atoms with Gasteiger partial charge in [-0.1, -0.05) is 12.1 Å². The molecule has 9 heteroatoms. The molecule has 0 aliphatic carbocycles. The van der Waals surface area contributed by atoms with Crippen molar-refractivity contribution in [2.24, 2.45) is 0 Å². The van der Waals surface area contributed by atoms with E-state index in [1.165, 1.54) is 16.2 Å². The Hall–Kier alpha value is -4.24. The number of nitrogens with zero attached hydrogens (tertiary/aromatic N) is 2. The topological polar surface area (TPSA) is 105 Å². The molecule has 0 fully saturated rings. The predicted molar refractivity (Wildman–Crippen MR) is 126 cm³/mol. The van der Waals surface area contributed by atoms with E-state index in [0.29, 0.717) is 39.1 Å². The van der Waals surface area contributed by atoms with Gasteiger partial charge >= 0.3 is 0 Å². The number of nitrogens with one attached hydrogen (secondary N) is 2. The zero-order valence-corrected chi connectivity index (χ0v) is 18.3. The molecule has 2 aromatic carbocycles. The first-order valence-electron chi connectivity index (χ1n) is 10.1. The summed E-state index contributed by atoms with van der Waals surface area (Å²) in [6.07, 6.45) is 1.56. The Morgan fingerprint density at radius 3 is 2.64 bits per heavy atom. The molecule has 1 aliphatic heterocycles. The first-order chi connectivity index (χ1) is 16.0. The summed E-state index contributed by atoms with van der Waals surface area (Å²) >= 11 is 1.38. The van der Waals surface area contributed by atoms with E-state index in [4.69, 9.17) is 4.42 Å². The van der Waals surface area contributed by atoms with E-state index in [1.54, 1.807) is 60.9 Å². The van der Waals surface area contributed by atoms with Gasteiger partial charge in [0.15, 0.2) is 10.8 Å². The van der Waals surface area contributed by atoms with Crippen LogP contribution in [0.1, 0.15) is 25.7 Å². The molecule has 33 heavy (non-hydrogen) atoms. The summed E-state index contributed by atoms with van der Waals surface area (Å²) in [6, 6.07) is 17.2. The number of thiazole rings is 1. The van der Waals surface area contributed by atoms with Crippen LogP contribution in [-0.4, -0.2) is 29.3 Å². The number of hydrogen-bond acceptors (Lipinski definition) is 6. The Balaban J connectivity index is 1.32. The molecule has 4 aromatic rings. The summed E-state index contributed by atoms with van der Waals surface area (Å²) < 4.78 is 5.36. The number of carbonyl (C=O) groups excluding carboxylic acids is 3. The first-order valence-corrected chi connectivity index (χ1v) is 10.9. The van der Waals surface area contributed by atoms with Crippen LogP contribution in [0.25, 0.3) is 10.8 Å². The third kappa shape index (κ3) is 4.01. The fraction of sp³-hybridized carbons (Fsp3) is 0.0833. The Bertz CT molecular complexity index is 1360. The van der Waals surface area contributed by atoms with Gasteiger partial charge in [-0.2, -0.15) is 0 Å². The Morgan fingerprint density at radius 1 is 1.09 bits per heavy atom. The maximum absolute atomic E-state index is 13.1. The summed E-state index contributed by atoms with van der Waals surface area (Å²) in [7, 11) is 0. The lowest BCUT2D eigenvalue weighted by Crippen LogP contribution is -2.42. The van der Waals surface area contributed by atoms with Crippen LogP contribution < -0.4 is 15.5 Å². The van der Waals surface area contributed by atoms with Crippen LogP contribution in [0.15, 0.2) is 71.3 Å². The van der Waals surface area contributed by atoms with Crippen molar-refractivity contribution in [3.05, 3.63) is 83.1 Å². The van der Waals surface area contributed by atoms with E-state index in [-0.39, 0.29) is 24.3 Å². The van der Waals surface area contributed by atoms with Gasteiger partial charge in [0.1, 0.15) is 12.2 Å². The van der Waals surface area contributed by atoms with Gasteiger partial charge < -0.3 is 15.1 Å². The monoisotopic (exact) mass is 458 g/mol. The quantitative estimate of drug-likeness (QED) is 0.466. The maximum Gasteiger partial charge on any atom is 0.275 e. The zero-order valence-electron chi connectivity index (χ0n) is 17.5. The van der Waals surface area contributed by atoms with Crippen LogP contribution in [0.3, 0.4) is 0 Å². The molecule has 0 radical (unpaired) electrons. The molecule has 3 amide bonds. The lowest BCUT2D eigenvalue weighted by Gasteiger charge is -2.29. The summed E-state index contributed by atoms with van der Waals surface area (Å²) in [4.78, 5) is 44.4. The third-order valence-electron chi connectivity index (χ3n) is 5.15. The van der Waals surface area contributed by atoms with Gasteiger partial charge in [-0.25, -0.2) is 4.98 Å². The molecular weight excluding hydrogens is 440 g/mol. The van der Waals surface area contributed by atoms with Crippen LogP contribution in [0.5, 0.6) is 0 Å². The van der Waals surface area contributed by atoms with Gasteiger partial charge in [-0.15, -0.1) is 11.3 Å². The smallest absolute Gasteiger partial charge is 0.275 e. The van der Waals surface area contributed by atoms with Gasteiger partial charge in [-0.3, -0.25) is 19.3 Å². The molecule has 0 saturated carbocycles. The zero-order chi connectivity index (χ0) is 22.9. The highest BCUT2D eigenvalue weighted by Crippen LogP contribution is 2.31. The molecule has 8 nitrogen and oxygen atoms in total. The number of amides is 3. The average Bonchev–Trinajstić information content (AvgIpc) is 3.48. The fourth-order valence-electron chi connectivity index (χ4n) is 3.57. The number of anilines is 3. The lowest BCUT2D eigenvalue weighted by atomic mass is 10.1. The van der Waals surface area contributed by atoms with Gasteiger partial charge in [0, 0.05) is 16.1 Å². The van der Waals surface area contributed by atoms with E-state index in [1.807, 2.05) is 13.0 Å². The number of aryl methyl sites for hydroxylation is 1. The highest BCUT2D eigenvalue weighted by atomic mass is 32.1. The molecule has 0 spiro atoms. The lowest BCUT2D eigenvalue weighted by molar-refractivity contribution is -0.115. The minimum absolute atomic E-state index is 0.0601. The number of furan rings is 1. The van der Waals surface area contributed by atoms with E-state index >= 15 is 0 Å². The number of benzene rings is 2. The normalized spacial score (nSPS) is 12.8. The van der Waals surface area contributed by atoms with Crippen LogP contribution in [0.2, 0.25) is 0 Å². The first kappa shape index (κ1) is 20.7. The predicted octanol–water partition coefficient (Wildman–Crippen LogP) is 4.56. The summed E-state index contributed by atoms with van der Waals surface area (Å²) in [5.41, 5.74) is 2.50. The van der Waals surface area contributed by atoms with Gasteiger partial charge in [-0.05, 0) is 55.5 Å². The molecular formula is C24H18N4O4S. The van der Waals surface area contributed by atoms with Gasteiger partial charge in [0.05, 0.1) is 17.6 Å². The van der Waals surface area contributed by atoms with Crippen molar-refractivity contribution in [2.75, 3.05) is 22.1 Å². The van der Waals surface area contributed by atoms with Crippen molar-refractivity contribution in [3.63, 3.8) is 0 Å². The Labute approximate surface area is 192 Å². The largest absolute Gasteiger partial charge is 0.462 e. The average molecular weight is 458 g/mol. The molecule has 2 N–H and O–H groups in total. The van der Waals surface area contributed by atoms with Crippen molar-refractivity contribution in [1.82, 2.24) is 4.98 Å². The van der Waals surface area contributed by atoms with Crippen LogP contribution in [0, 0.1) is 6.92 Å². The molecule has 0 unspecified atom stereocenters. The SMILES string of the molecule is Cc1sc(-c2ccco2)nc1C(=O)Nc1ccc(C(=O)N2CC(=O)Nc3ccccc32)cc1. The third-order valence-corrected chi connectivity index (χ3v) is 6.13. The Morgan fingerprint density at radius 2 is 1.88 bits per heavy atom. The van der Waals surface area contributed by atoms with E-state index in [9.17, 15) is 14.4 Å². The van der Waals surface area contributed by atoms with Crippen molar-refractivity contribution in [2.45, 2.75) is 6.92 Å². The molecule has 0 bridgehead atoms. The number of hydrogen-bond donors (Lipinski definition) is 2. The number of para-hydroxylation sites is 2. The van der Waals surface area contributed by atoms with Crippen molar-refractivity contribution in [1.29, 1.82) is 0 Å². The number of carbonyl (C=O) groups is 3. The van der Waals surface area contributed by atoms with Crippen LogP contribution >= 0.6 is 11.3 Å². The molecule has 2 aromatic heterocycles. The van der Waals surface area contributed by atoms with Crippen LogP contribution in [-0.2, 0) is 4.79 Å². The highest BCUT2D eigenvalue weighted by Gasteiger charge is 2.27. The fourth-order valence-corrected chi connectivity index (χ4v) is 4.45. The van der Waals surface area contributed by atoms with Crippen molar-refractivity contribution >= 4 is 46.1 Å². The van der Waals surface area contributed by atoms with E-state index in [0.717, 1.165) is 4.88 Å². The highest BCUT2D eigenvalue weighted by molar-refractivity contribution is 7.15. The second kappa shape index (κ2) is 8.36. The van der Waals surface area contributed by atoms with Crippen LogP contribution in [0.4, 0.5) is 17.1 Å². The second-order valence-electron chi connectivity index (χ2n) is 7.39. The summed E-state index contributed by atoms with van der Waals surface area (Å²) in [5.74, 6) is -0.285. The molecule has 1 aliphatic rings. The Kier molecular flexibility index (Phi) is 5.23. The summed E-state index contributed by atoms with van der Waals surface area (Å²) in [6.45, 7) is 1.77. The molecule has 0 saturated heterocycles. The van der Waals surface area contributed by atoms with Gasteiger partial charge in [0.25, 0.3) is 11.8 Å². The number of rotatable bonds is 4. The minimum Gasteiger partial charge on any atom is -0.462 e. The summed E-state index contributed by atoms with van der Waals surface area (Å²) in [5, 5.41) is 6.21. The van der Waals surface area contributed by atoms with E-state index < -0.39 is 0 Å². The van der Waals surface area contributed by atoms with Crippen molar-refractivity contribution < 1.29 is 18.8 Å². The second-order valence-corrected chi connectivity index (χ2v) is 8.59. The number of fused-ring (bicyclic) bond motifs is 1. The maximum atomic E-state index is 13.1. The minimum atomic E-state index is -0.345. The number of aromatic nitrogens is 1.